The highest BCUT2D eigenvalue weighted by atomic mass is 35.5. The van der Waals surface area contributed by atoms with E-state index in [2.05, 4.69) is 29.2 Å². The van der Waals surface area contributed by atoms with E-state index in [1.165, 1.54) is 5.56 Å². The molecule has 1 saturated heterocycles. The fraction of sp³-hybridized carbons (Fsp3) is 0.462. The van der Waals surface area contributed by atoms with Gasteiger partial charge in [-0.05, 0) is 12.0 Å². The number of nitrogens with zero attached hydrogens (tertiary/aromatic N) is 2. The van der Waals surface area contributed by atoms with Gasteiger partial charge in [0.15, 0.2) is 0 Å². The minimum Gasteiger partial charge on any atom is -0.343 e. The molecule has 0 saturated carbocycles. The van der Waals surface area contributed by atoms with Gasteiger partial charge in [-0.25, -0.2) is 0 Å². The van der Waals surface area contributed by atoms with Crippen LogP contribution in [0.4, 0.5) is 0 Å². The van der Waals surface area contributed by atoms with Crippen molar-refractivity contribution in [3.8, 4) is 0 Å². The molecule has 3 nitrogen and oxygen atoms in total. The van der Waals surface area contributed by atoms with Crippen LogP contribution < -0.4 is 0 Å². The summed E-state index contributed by atoms with van der Waals surface area (Å²) >= 11 is 0. The third kappa shape index (κ3) is 5.25. The SMILES string of the molecule is Cl.Cl.O=CN1CCN(CCc2ccccc2)CC1. The Morgan fingerprint density at radius 1 is 1.00 bits per heavy atom. The van der Waals surface area contributed by atoms with E-state index in [0.29, 0.717) is 0 Å². The first-order chi connectivity index (χ1) is 7.88. The molecule has 102 valence electrons. The van der Waals surface area contributed by atoms with Gasteiger partial charge in [0.1, 0.15) is 0 Å². The van der Waals surface area contributed by atoms with Crippen LogP contribution in [-0.4, -0.2) is 48.9 Å². The zero-order chi connectivity index (χ0) is 11.2. The van der Waals surface area contributed by atoms with Crippen LogP contribution in [0.25, 0.3) is 0 Å². The van der Waals surface area contributed by atoms with E-state index in [-0.39, 0.29) is 24.8 Å². The molecule has 1 amide bonds. The van der Waals surface area contributed by atoms with Crippen LogP contribution in [0.2, 0.25) is 0 Å². The number of benzene rings is 1. The summed E-state index contributed by atoms with van der Waals surface area (Å²) in [7, 11) is 0. The summed E-state index contributed by atoms with van der Waals surface area (Å²) in [5.41, 5.74) is 1.39. The number of hydrogen-bond acceptors (Lipinski definition) is 2. The maximum absolute atomic E-state index is 10.6. The molecule has 0 atom stereocenters. The van der Waals surface area contributed by atoms with Crippen LogP contribution in [0.3, 0.4) is 0 Å². The molecule has 0 unspecified atom stereocenters. The number of halogens is 2. The standard InChI is InChI=1S/C13H18N2O.2ClH/c16-12-15-10-8-14(9-11-15)7-6-13-4-2-1-3-5-13;;/h1-5,12H,6-11H2;2*1H. The molecule has 1 fully saturated rings. The number of hydrogen-bond donors (Lipinski definition) is 0. The van der Waals surface area contributed by atoms with E-state index in [1.54, 1.807) is 0 Å². The van der Waals surface area contributed by atoms with Gasteiger partial charge in [-0.3, -0.25) is 9.69 Å². The molecule has 0 N–H and O–H groups in total. The van der Waals surface area contributed by atoms with E-state index in [9.17, 15) is 4.79 Å². The van der Waals surface area contributed by atoms with Crippen LogP contribution in [0, 0.1) is 0 Å². The second kappa shape index (κ2) is 9.20. The van der Waals surface area contributed by atoms with Crippen LogP contribution in [-0.2, 0) is 11.2 Å². The summed E-state index contributed by atoms with van der Waals surface area (Å²) in [5.74, 6) is 0. The van der Waals surface area contributed by atoms with Gasteiger partial charge in [0.2, 0.25) is 6.41 Å². The molecular formula is C13H20Cl2N2O. The fourth-order valence-corrected chi connectivity index (χ4v) is 2.02. The highest BCUT2D eigenvalue weighted by Crippen LogP contribution is 2.04. The van der Waals surface area contributed by atoms with Crippen molar-refractivity contribution in [2.24, 2.45) is 0 Å². The predicted molar refractivity (Wildman–Crippen MR) is 78.7 cm³/mol. The average Bonchev–Trinajstić information content (AvgIpc) is 2.38. The lowest BCUT2D eigenvalue weighted by Crippen LogP contribution is -2.46. The second-order valence-electron chi connectivity index (χ2n) is 4.22. The van der Waals surface area contributed by atoms with Crippen molar-refractivity contribution >= 4 is 31.2 Å². The number of carbonyl (C=O) groups is 1. The van der Waals surface area contributed by atoms with Crippen molar-refractivity contribution in [2.75, 3.05) is 32.7 Å². The van der Waals surface area contributed by atoms with E-state index in [1.807, 2.05) is 11.0 Å². The maximum Gasteiger partial charge on any atom is 0.209 e. The van der Waals surface area contributed by atoms with Crippen molar-refractivity contribution in [2.45, 2.75) is 6.42 Å². The summed E-state index contributed by atoms with van der Waals surface area (Å²) < 4.78 is 0. The van der Waals surface area contributed by atoms with Gasteiger partial charge in [0.25, 0.3) is 0 Å². The Morgan fingerprint density at radius 3 is 2.17 bits per heavy atom. The minimum atomic E-state index is 0. The second-order valence-corrected chi connectivity index (χ2v) is 4.22. The first-order valence-corrected chi connectivity index (χ1v) is 5.84. The third-order valence-electron chi connectivity index (χ3n) is 3.12. The zero-order valence-corrected chi connectivity index (χ0v) is 12.0. The van der Waals surface area contributed by atoms with E-state index in [0.717, 1.165) is 45.6 Å². The molecular weight excluding hydrogens is 271 g/mol. The molecule has 0 aromatic heterocycles. The molecule has 1 aromatic carbocycles. The molecule has 1 heterocycles. The molecule has 5 heteroatoms. The van der Waals surface area contributed by atoms with Crippen molar-refractivity contribution in [3.63, 3.8) is 0 Å². The van der Waals surface area contributed by atoms with Gasteiger partial charge >= 0.3 is 0 Å². The van der Waals surface area contributed by atoms with Gasteiger partial charge in [-0.2, -0.15) is 0 Å². The predicted octanol–water partition coefficient (Wildman–Crippen LogP) is 1.85. The lowest BCUT2D eigenvalue weighted by molar-refractivity contribution is -0.119. The molecule has 0 spiro atoms. The molecule has 1 aliphatic rings. The normalized spacial score (nSPS) is 15.4. The molecule has 0 radical (unpaired) electrons. The zero-order valence-electron chi connectivity index (χ0n) is 10.3. The van der Waals surface area contributed by atoms with Crippen LogP contribution >= 0.6 is 24.8 Å². The van der Waals surface area contributed by atoms with Crippen molar-refractivity contribution in [1.82, 2.24) is 9.80 Å². The molecule has 1 aliphatic heterocycles. The van der Waals surface area contributed by atoms with E-state index >= 15 is 0 Å². The Morgan fingerprint density at radius 2 is 1.61 bits per heavy atom. The summed E-state index contributed by atoms with van der Waals surface area (Å²) in [6.45, 7) is 4.85. The Hall–Kier alpha value is -0.770. The molecule has 1 aromatic rings. The molecule has 0 bridgehead atoms. The third-order valence-corrected chi connectivity index (χ3v) is 3.12. The van der Waals surface area contributed by atoms with Gasteiger partial charge in [0, 0.05) is 32.7 Å². The number of carbonyl (C=O) groups excluding carboxylic acids is 1. The number of amides is 1. The minimum absolute atomic E-state index is 0. The van der Waals surface area contributed by atoms with Crippen LogP contribution in [0.5, 0.6) is 0 Å². The number of piperazine rings is 1. The molecule has 0 aliphatic carbocycles. The van der Waals surface area contributed by atoms with Crippen LogP contribution in [0.1, 0.15) is 5.56 Å². The topological polar surface area (TPSA) is 23.6 Å². The smallest absolute Gasteiger partial charge is 0.209 e. The Bertz CT molecular complexity index is 327. The molecule has 2 rings (SSSR count). The van der Waals surface area contributed by atoms with Gasteiger partial charge in [0.05, 0.1) is 0 Å². The summed E-state index contributed by atoms with van der Waals surface area (Å²) in [5, 5.41) is 0. The summed E-state index contributed by atoms with van der Waals surface area (Å²) in [6.07, 6.45) is 2.05. The largest absolute Gasteiger partial charge is 0.343 e. The first kappa shape index (κ1) is 17.2. The fourth-order valence-electron chi connectivity index (χ4n) is 2.02. The van der Waals surface area contributed by atoms with Crippen molar-refractivity contribution in [3.05, 3.63) is 35.9 Å². The molecule has 18 heavy (non-hydrogen) atoms. The summed E-state index contributed by atoms with van der Waals surface area (Å²) in [4.78, 5) is 14.8. The van der Waals surface area contributed by atoms with Gasteiger partial charge in [-0.15, -0.1) is 24.8 Å². The highest BCUT2D eigenvalue weighted by molar-refractivity contribution is 5.85. The van der Waals surface area contributed by atoms with Crippen LogP contribution in [0.15, 0.2) is 30.3 Å². The summed E-state index contributed by atoms with van der Waals surface area (Å²) in [6, 6.07) is 10.6. The lowest BCUT2D eigenvalue weighted by Gasteiger charge is -2.32. The monoisotopic (exact) mass is 290 g/mol. The lowest BCUT2D eigenvalue weighted by atomic mass is 10.1. The highest BCUT2D eigenvalue weighted by Gasteiger charge is 2.14. The van der Waals surface area contributed by atoms with Gasteiger partial charge in [-0.1, -0.05) is 30.3 Å². The Kier molecular flexibility index (Phi) is 8.81. The average molecular weight is 291 g/mol. The van der Waals surface area contributed by atoms with Crippen molar-refractivity contribution in [1.29, 1.82) is 0 Å². The quantitative estimate of drug-likeness (QED) is 0.790. The van der Waals surface area contributed by atoms with E-state index < -0.39 is 0 Å². The maximum atomic E-state index is 10.6. The van der Waals surface area contributed by atoms with Crippen molar-refractivity contribution < 1.29 is 4.79 Å². The Balaban J connectivity index is 0.00000144. The number of rotatable bonds is 4. The Labute approximate surface area is 121 Å². The van der Waals surface area contributed by atoms with Gasteiger partial charge < -0.3 is 4.90 Å². The van der Waals surface area contributed by atoms with E-state index in [4.69, 9.17) is 0 Å². The first-order valence-electron chi connectivity index (χ1n) is 5.84.